The second kappa shape index (κ2) is 19.7. The summed E-state index contributed by atoms with van der Waals surface area (Å²) >= 11 is 0. The quantitative estimate of drug-likeness (QED) is 0.0849. The Morgan fingerprint density at radius 3 is 1.62 bits per heavy atom. The molecule has 2 aliphatic heterocycles. The molecule has 2 aromatic carbocycles. The van der Waals surface area contributed by atoms with Crippen molar-refractivity contribution in [2.24, 2.45) is 0 Å². The largest absolute Gasteiger partial charge is 0.493 e. The van der Waals surface area contributed by atoms with E-state index in [9.17, 15) is 40.9 Å². The SMILES string of the molecule is COCC=Cc1cc(OC)c(O[C@@H](CO[C@@H]2O[C@H](CO)[C@@H](O)[C@H](O)[C@H]2O)Cc2cc(OC)c(O[C@@H]3O[C@H](CO)[C@@H](O)[C@H](O)[C@H]3O)c(OC)c2)c(OC)c1. The minimum Gasteiger partial charge on any atom is -0.493 e. The highest BCUT2D eigenvalue weighted by atomic mass is 16.7. The van der Waals surface area contributed by atoms with Gasteiger partial charge in [-0.2, -0.15) is 0 Å². The Labute approximate surface area is 306 Å². The van der Waals surface area contributed by atoms with Gasteiger partial charge in [0.1, 0.15) is 54.9 Å². The number of rotatable bonds is 18. The molecular formula is C35H50O18. The van der Waals surface area contributed by atoms with Crippen molar-refractivity contribution in [3.8, 4) is 34.5 Å². The van der Waals surface area contributed by atoms with Gasteiger partial charge in [-0.25, -0.2) is 0 Å². The summed E-state index contributed by atoms with van der Waals surface area (Å²) < 4.78 is 56.9. The van der Waals surface area contributed by atoms with Crippen molar-refractivity contribution in [3.63, 3.8) is 0 Å². The third-order valence-electron chi connectivity index (χ3n) is 8.70. The maximum atomic E-state index is 10.6. The van der Waals surface area contributed by atoms with Gasteiger partial charge in [-0.05, 0) is 35.4 Å². The lowest BCUT2D eigenvalue weighted by Crippen LogP contribution is -2.60. The Morgan fingerprint density at radius 2 is 1.13 bits per heavy atom. The molecule has 0 amide bonds. The highest BCUT2D eigenvalue weighted by Gasteiger charge is 2.46. The van der Waals surface area contributed by atoms with E-state index in [1.165, 1.54) is 28.4 Å². The molecule has 2 fully saturated rings. The first-order valence-electron chi connectivity index (χ1n) is 16.7. The van der Waals surface area contributed by atoms with E-state index >= 15 is 0 Å². The van der Waals surface area contributed by atoms with Crippen LogP contribution in [0.15, 0.2) is 30.3 Å². The standard InChI is InChI=1S/C35H50O18/c1-44-8-6-7-17-10-20(45-2)32(21(11-17)46-3)50-19(16-49-34-30(42)28(40)26(38)24(14-36)51-34)9-18-12-22(47-4)33(23(13-18)48-5)53-35-31(43)29(41)27(39)25(15-37)52-35/h6-7,10-13,19,24-31,34-43H,8-9,14-16H2,1-5H3/t19-,24-,25-,26-,27-,28+,29+,30-,31-,34-,35+/m1/s1. The van der Waals surface area contributed by atoms with Crippen LogP contribution in [-0.2, 0) is 25.4 Å². The van der Waals surface area contributed by atoms with E-state index in [4.69, 9.17) is 47.4 Å². The van der Waals surface area contributed by atoms with Gasteiger partial charge in [-0.3, -0.25) is 0 Å². The molecule has 53 heavy (non-hydrogen) atoms. The summed E-state index contributed by atoms with van der Waals surface area (Å²) in [4.78, 5) is 0. The number of ether oxygens (including phenoxy) is 10. The van der Waals surface area contributed by atoms with Gasteiger partial charge >= 0.3 is 0 Å². The summed E-state index contributed by atoms with van der Waals surface area (Å²) in [7, 11) is 7.18. The number of hydrogen-bond donors (Lipinski definition) is 8. The average Bonchev–Trinajstić information content (AvgIpc) is 3.17. The van der Waals surface area contributed by atoms with Gasteiger partial charge in [-0.1, -0.05) is 12.2 Å². The van der Waals surface area contributed by atoms with Gasteiger partial charge in [0.2, 0.25) is 17.8 Å². The Balaban J connectivity index is 1.68. The molecular weight excluding hydrogens is 708 g/mol. The number of aliphatic hydroxyl groups excluding tert-OH is 8. The summed E-state index contributed by atoms with van der Waals surface area (Å²) in [6, 6.07) is 6.59. The second-order valence-electron chi connectivity index (χ2n) is 12.2. The van der Waals surface area contributed by atoms with Crippen LogP contribution < -0.4 is 28.4 Å². The van der Waals surface area contributed by atoms with E-state index in [1.54, 1.807) is 37.5 Å². The molecule has 2 heterocycles. The molecule has 0 aliphatic carbocycles. The first-order chi connectivity index (χ1) is 25.4. The lowest BCUT2D eigenvalue weighted by atomic mass is 9.99. The summed E-state index contributed by atoms with van der Waals surface area (Å²) in [5.74, 6) is 0.983. The van der Waals surface area contributed by atoms with E-state index in [0.29, 0.717) is 23.7 Å². The van der Waals surface area contributed by atoms with E-state index < -0.39 is 80.7 Å². The van der Waals surface area contributed by atoms with Crippen molar-refractivity contribution in [2.45, 2.75) is 73.9 Å². The van der Waals surface area contributed by atoms with Gasteiger partial charge < -0.3 is 88.2 Å². The first kappa shape index (κ1) is 42.2. The Bertz CT molecular complexity index is 1420. The summed E-state index contributed by atoms with van der Waals surface area (Å²) in [6.07, 6.45) is -12.6. The van der Waals surface area contributed by atoms with Crippen LogP contribution in [0.1, 0.15) is 11.1 Å². The summed E-state index contributed by atoms with van der Waals surface area (Å²) in [6.45, 7) is -1.23. The molecule has 18 nitrogen and oxygen atoms in total. The van der Waals surface area contributed by atoms with E-state index in [0.717, 1.165) is 5.56 Å². The van der Waals surface area contributed by atoms with Crippen molar-refractivity contribution in [1.29, 1.82) is 0 Å². The third-order valence-corrected chi connectivity index (χ3v) is 8.70. The molecule has 4 rings (SSSR count). The Morgan fingerprint density at radius 1 is 0.642 bits per heavy atom. The van der Waals surface area contributed by atoms with Gasteiger partial charge in [0, 0.05) is 13.5 Å². The van der Waals surface area contributed by atoms with Crippen molar-refractivity contribution in [1.82, 2.24) is 0 Å². The minimum atomic E-state index is -1.70. The number of hydrogen-bond acceptors (Lipinski definition) is 18. The predicted octanol–water partition coefficient (Wildman–Crippen LogP) is -1.63. The van der Waals surface area contributed by atoms with Gasteiger partial charge in [0.25, 0.3) is 0 Å². The Kier molecular flexibility index (Phi) is 15.7. The van der Waals surface area contributed by atoms with Gasteiger partial charge in [-0.15, -0.1) is 0 Å². The molecule has 0 unspecified atom stereocenters. The zero-order valence-corrected chi connectivity index (χ0v) is 30.0. The van der Waals surface area contributed by atoms with Crippen LogP contribution in [0.2, 0.25) is 0 Å². The predicted molar refractivity (Wildman–Crippen MR) is 182 cm³/mol. The molecule has 0 bridgehead atoms. The van der Waals surface area contributed by atoms with Crippen LogP contribution in [-0.4, -0.2) is 170 Å². The smallest absolute Gasteiger partial charge is 0.229 e. The topological polar surface area (TPSA) is 254 Å². The highest BCUT2D eigenvalue weighted by Crippen LogP contribution is 2.43. The van der Waals surface area contributed by atoms with Crippen LogP contribution >= 0.6 is 0 Å². The van der Waals surface area contributed by atoms with E-state index in [1.807, 2.05) is 6.08 Å². The summed E-state index contributed by atoms with van der Waals surface area (Å²) in [5, 5.41) is 81.5. The summed E-state index contributed by atoms with van der Waals surface area (Å²) in [5.41, 5.74) is 1.25. The van der Waals surface area contributed by atoms with Crippen LogP contribution in [0.25, 0.3) is 6.08 Å². The lowest BCUT2D eigenvalue weighted by molar-refractivity contribution is -0.304. The van der Waals surface area contributed by atoms with E-state index in [-0.39, 0.29) is 36.0 Å². The fourth-order valence-corrected chi connectivity index (χ4v) is 5.81. The molecule has 0 radical (unpaired) electrons. The van der Waals surface area contributed by atoms with Crippen LogP contribution in [0.4, 0.5) is 0 Å². The van der Waals surface area contributed by atoms with Gasteiger partial charge in [0.05, 0.1) is 54.9 Å². The molecule has 2 aliphatic rings. The number of aliphatic hydroxyl groups is 8. The normalized spacial score (nSPS) is 29.5. The van der Waals surface area contributed by atoms with Crippen LogP contribution in [0.3, 0.4) is 0 Å². The van der Waals surface area contributed by atoms with Crippen LogP contribution in [0.5, 0.6) is 34.5 Å². The first-order valence-corrected chi connectivity index (χ1v) is 16.7. The lowest BCUT2D eigenvalue weighted by Gasteiger charge is -2.40. The van der Waals surface area contributed by atoms with Crippen LogP contribution in [0, 0.1) is 0 Å². The zero-order chi connectivity index (χ0) is 38.8. The van der Waals surface area contributed by atoms with Gasteiger partial charge in [0.15, 0.2) is 29.3 Å². The van der Waals surface area contributed by atoms with Crippen molar-refractivity contribution >= 4 is 6.08 Å². The highest BCUT2D eigenvalue weighted by molar-refractivity contribution is 5.62. The van der Waals surface area contributed by atoms with Crippen molar-refractivity contribution in [2.75, 3.05) is 62.0 Å². The maximum Gasteiger partial charge on any atom is 0.229 e. The fourth-order valence-electron chi connectivity index (χ4n) is 5.81. The molecule has 298 valence electrons. The fraction of sp³-hybridized carbons (Fsp3) is 0.600. The Hall–Kier alpha value is -3.50. The number of benzene rings is 2. The maximum absolute atomic E-state index is 10.6. The molecule has 2 aromatic rings. The molecule has 11 atom stereocenters. The average molecular weight is 759 g/mol. The molecule has 0 aromatic heterocycles. The molecule has 0 saturated carbocycles. The monoisotopic (exact) mass is 758 g/mol. The molecule has 8 N–H and O–H groups in total. The zero-order valence-electron chi connectivity index (χ0n) is 30.0. The molecule has 0 spiro atoms. The minimum absolute atomic E-state index is 0.0291. The molecule has 2 saturated heterocycles. The second-order valence-corrected chi connectivity index (χ2v) is 12.2. The van der Waals surface area contributed by atoms with Crippen molar-refractivity contribution < 1.29 is 88.2 Å². The van der Waals surface area contributed by atoms with Crippen molar-refractivity contribution in [3.05, 3.63) is 41.5 Å². The molecule has 18 heteroatoms. The third kappa shape index (κ3) is 9.98. The number of methoxy groups -OCH3 is 5. The van der Waals surface area contributed by atoms with E-state index in [2.05, 4.69) is 0 Å².